The Bertz CT molecular complexity index is 872. The summed E-state index contributed by atoms with van der Waals surface area (Å²) in [5.74, 6) is -0.222. The maximum Gasteiger partial charge on any atom is 0.270 e. The highest BCUT2D eigenvalue weighted by molar-refractivity contribution is 14.1. The zero-order chi connectivity index (χ0) is 20.1. The van der Waals surface area contributed by atoms with Gasteiger partial charge in [-0.3, -0.25) is 19.8 Å². The highest BCUT2D eigenvalue weighted by Crippen LogP contribution is 2.22. The zero-order valence-corrected chi connectivity index (χ0v) is 18.0. The molecule has 1 unspecified atom stereocenters. The third kappa shape index (κ3) is 5.08. The fraction of sp³-hybridized carbons (Fsp3) is 0.381. The second-order valence-electron chi connectivity index (χ2n) is 7.19. The van der Waals surface area contributed by atoms with Crippen LogP contribution in [0.25, 0.3) is 0 Å². The van der Waals surface area contributed by atoms with Crippen molar-refractivity contribution in [2.45, 2.75) is 45.3 Å². The molecule has 0 bridgehead atoms. The van der Waals surface area contributed by atoms with E-state index in [1.54, 1.807) is 0 Å². The number of nitrogens with one attached hydrogen (secondary N) is 1. The molecule has 1 amide bonds. The summed E-state index contributed by atoms with van der Waals surface area (Å²) in [6.45, 7) is 4.72. The molecule has 0 saturated carbocycles. The summed E-state index contributed by atoms with van der Waals surface area (Å²) in [5, 5.41) is 13.8. The van der Waals surface area contributed by atoms with Gasteiger partial charge in [-0.1, -0.05) is 30.7 Å². The minimum Gasteiger partial charge on any atom is -0.348 e. The highest BCUT2D eigenvalue weighted by atomic mass is 127. The van der Waals surface area contributed by atoms with Crippen LogP contribution in [0.5, 0.6) is 0 Å². The van der Waals surface area contributed by atoms with Crippen molar-refractivity contribution >= 4 is 34.2 Å². The predicted molar refractivity (Wildman–Crippen MR) is 117 cm³/mol. The monoisotopic (exact) mass is 493 g/mol. The Morgan fingerprint density at radius 2 is 2.00 bits per heavy atom. The average molecular weight is 493 g/mol. The normalized spacial score (nSPS) is 17.3. The summed E-state index contributed by atoms with van der Waals surface area (Å²) < 4.78 is 0.569. The quantitative estimate of drug-likeness (QED) is 0.365. The van der Waals surface area contributed by atoms with Crippen LogP contribution in [0, 0.1) is 13.7 Å². The Morgan fingerprint density at radius 3 is 2.68 bits per heavy atom. The van der Waals surface area contributed by atoms with Gasteiger partial charge in [-0.05, 0) is 66.1 Å². The van der Waals surface area contributed by atoms with E-state index in [9.17, 15) is 14.9 Å². The summed E-state index contributed by atoms with van der Waals surface area (Å²) >= 11 is 1.96. The second-order valence-corrected chi connectivity index (χ2v) is 8.35. The molecule has 1 saturated heterocycles. The van der Waals surface area contributed by atoms with Crippen molar-refractivity contribution in [3.8, 4) is 0 Å². The van der Waals surface area contributed by atoms with Crippen LogP contribution in [0.1, 0.15) is 47.7 Å². The molecule has 0 aromatic heterocycles. The molecular weight excluding hydrogens is 469 g/mol. The van der Waals surface area contributed by atoms with Gasteiger partial charge in [-0.2, -0.15) is 0 Å². The molecule has 0 spiro atoms. The van der Waals surface area contributed by atoms with Gasteiger partial charge in [0.25, 0.3) is 11.6 Å². The molecule has 1 N–H and O–H groups in total. The molecule has 1 fully saturated rings. The topological polar surface area (TPSA) is 75.5 Å². The van der Waals surface area contributed by atoms with Gasteiger partial charge in [-0.25, -0.2) is 0 Å². The van der Waals surface area contributed by atoms with Crippen LogP contribution >= 0.6 is 22.6 Å². The van der Waals surface area contributed by atoms with Gasteiger partial charge in [0.15, 0.2) is 0 Å². The van der Waals surface area contributed by atoms with Crippen molar-refractivity contribution in [2.24, 2.45) is 0 Å². The van der Waals surface area contributed by atoms with Gasteiger partial charge in [0.05, 0.1) is 10.5 Å². The van der Waals surface area contributed by atoms with Gasteiger partial charge in [-0.15, -0.1) is 0 Å². The summed E-state index contributed by atoms with van der Waals surface area (Å²) in [7, 11) is 0. The van der Waals surface area contributed by atoms with Crippen LogP contribution in [-0.2, 0) is 13.1 Å². The number of rotatable bonds is 6. The van der Waals surface area contributed by atoms with Crippen molar-refractivity contribution in [3.05, 3.63) is 72.8 Å². The first-order chi connectivity index (χ1) is 13.5. The number of benzene rings is 2. The van der Waals surface area contributed by atoms with E-state index in [1.165, 1.54) is 43.0 Å². The summed E-state index contributed by atoms with van der Waals surface area (Å²) in [4.78, 5) is 25.5. The van der Waals surface area contributed by atoms with E-state index in [4.69, 9.17) is 0 Å². The Kier molecular flexibility index (Phi) is 7.01. The van der Waals surface area contributed by atoms with Gasteiger partial charge in [0.1, 0.15) is 0 Å². The Morgan fingerprint density at radius 1 is 1.25 bits per heavy atom. The summed E-state index contributed by atoms with van der Waals surface area (Å²) in [6.07, 6.45) is 3.77. The van der Waals surface area contributed by atoms with Crippen molar-refractivity contribution in [1.82, 2.24) is 10.2 Å². The van der Waals surface area contributed by atoms with E-state index in [1.807, 2.05) is 40.8 Å². The van der Waals surface area contributed by atoms with Crippen molar-refractivity contribution in [1.29, 1.82) is 0 Å². The minimum absolute atomic E-state index is 0.0121. The van der Waals surface area contributed by atoms with E-state index in [0.29, 0.717) is 21.7 Å². The van der Waals surface area contributed by atoms with Gasteiger partial charge >= 0.3 is 0 Å². The lowest BCUT2D eigenvalue weighted by Crippen LogP contribution is -2.37. The minimum atomic E-state index is -0.457. The lowest BCUT2D eigenvalue weighted by Gasteiger charge is -2.33. The maximum absolute atomic E-state index is 12.6. The summed E-state index contributed by atoms with van der Waals surface area (Å²) in [6, 6.07) is 13.1. The molecule has 1 atom stereocenters. The number of carbonyl (C=O) groups is 1. The molecule has 148 valence electrons. The number of piperidine rings is 1. The Hall–Kier alpha value is -2.00. The first-order valence-corrected chi connectivity index (χ1v) is 10.6. The van der Waals surface area contributed by atoms with Gasteiger partial charge in [0, 0.05) is 34.8 Å². The van der Waals surface area contributed by atoms with Crippen LogP contribution in [0.15, 0.2) is 42.5 Å². The number of nitro groups is 1. The number of halogens is 1. The number of likely N-dealkylation sites (tertiary alicyclic amines) is 1. The third-order valence-electron chi connectivity index (χ3n) is 5.28. The molecule has 0 radical (unpaired) electrons. The van der Waals surface area contributed by atoms with Crippen LogP contribution in [-0.4, -0.2) is 28.3 Å². The summed E-state index contributed by atoms with van der Waals surface area (Å²) in [5.41, 5.74) is 2.77. The Balaban J connectivity index is 1.67. The average Bonchev–Trinajstić information content (AvgIpc) is 2.68. The van der Waals surface area contributed by atoms with Gasteiger partial charge in [0.2, 0.25) is 0 Å². The van der Waals surface area contributed by atoms with E-state index >= 15 is 0 Å². The molecule has 1 heterocycles. The van der Waals surface area contributed by atoms with Crippen molar-refractivity contribution < 1.29 is 9.72 Å². The van der Waals surface area contributed by atoms with E-state index in [-0.39, 0.29) is 11.6 Å². The lowest BCUT2D eigenvalue weighted by atomic mass is 10.0. The van der Waals surface area contributed by atoms with Crippen LogP contribution < -0.4 is 5.32 Å². The molecule has 2 aromatic rings. The molecule has 2 aromatic carbocycles. The number of nitro benzene ring substituents is 1. The van der Waals surface area contributed by atoms with E-state index in [2.05, 4.69) is 23.2 Å². The molecule has 0 aliphatic carbocycles. The molecule has 28 heavy (non-hydrogen) atoms. The predicted octanol–water partition coefficient (Wildman–Crippen LogP) is 4.50. The third-order valence-corrected chi connectivity index (χ3v) is 6.17. The number of nitrogens with zero attached hydrogens (tertiary/aromatic N) is 2. The fourth-order valence-corrected chi connectivity index (χ4v) is 4.31. The SMILES string of the molecule is CC1CCCCN1Cc1ccccc1CNC(=O)c1ccc([N+](=O)[O-])cc1I. The molecule has 3 rings (SSSR count). The van der Waals surface area contributed by atoms with Crippen LogP contribution in [0.2, 0.25) is 0 Å². The maximum atomic E-state index is 12.6. The molecule has 7 heteroatoms. The Labute approximate surface area is 178 Å². The number of hydrogen-bond acceptors (Lipinski definition) is 4. The van der Waals surface area contributed by atoms with E-state index < -0.39 is 4.92 Å². The van der Waals surface area contributed by atoms with Crippen molar-refractivity contribution in [3.63, 3.8) is 0 Å². The fourth-order valence-electron chi connectivity index (χ4n) is 3.57. The molecule has 1 aliphatic heterocycles. The van der Waals surface area contributed by atoms with E-state index in [0.717, 1.165) is 18.7 Å². The molecule has 1 aliphatic rings. The highest BCUT2D eigenvalue weighted by Gasteiger charge is 2.19. The molecule has 6 nitrogen and oxygen atoms in total. The number of carbonyl (C=O) groups excluding carboxylic acids is 1. The second kappa shape index (κ2) is 9.47. The zero-order valence-electron chi connectivity index (χ0n) is 15.9. The smallest absolute Gasteiger partial charge is 0.270 e. The standard InChI is InChI=1S/C21H24IN3O3/c1-15-6-4-5-11-24(15)14-17-8-3-2-7-16(17)13-23-21(26)19-10-9-18(25(27)28)12-20(19)22/h2-3,7-10,12,15H,4-6,11,13-14H2,1H3,(H,23,26). The largest absolute Gasteiger partial charge is 0.348 e. The van der Waals surface area contributed by atoms with Crippen LogP contribution in [0.3, 0.4) is 0 Å². The number of amides is 1. The number of hydrogen-bond donors (Lipinski definition) is 1. The lowest BCUT2D eigenvalue weighted by molar-refractivity contribution is -0.384. The van der Waals surface area contributed by atoms with Crippen molar-refractivity contribution in [2.75, 3.05) is 6.54 Å². The number of non-ortho nitro benzene ring substituents is 1. The van der Waals surface area contributed by atoms with Crippen LogP contribution in [0.4, 0.5) is 5.69 Å². The van der Waals surface area contributed by atoms with Gasteiger partial charge < -0.3 is 5.32 Å². The first-order valence-electron chi connectivity index (χ1n) is 9.48. The first kappa shape index (κ1) is 20.7. The molecular formula is C21H24IN3O3.